The van der Waals surface area contributed by atoms with Crippen molar-refractivity contribution < 1.29 is 9.47 Å². The molecule has 7 nitrogen and oxygen atoms in total. The molecular weight excluding hydrogens is 366 g/mol. The number of aliphatic imine (C=N–C) groups is 1. The van der Waals surface area contributed by atoms with Crippen LogP contribution in [0.25, 0.3) is 0 Å². The number of benzene rings is 1. The quantitative estimate of drug-likeness (QED) is 0.618. The predicted molar refractivity (Wildman–Crippen MR) is 117 cm³/mol. The van der Waals surface area contributed by atoms with Crippen LogP contribution in [0.4, 0.5) is 5.69 Å². The molecule has 0 spiro atoms. The first-order chi connectivity index (χ1) is 14.1. The third-order valence-electron chi connectivity index (χ3n) is 5.39. The first kappa shape index (κ1) is 20.8. The van der Waals surface area contributed by atoms with Gasteiger partial charge in [0, 0.05) is 56.2 Å². The van der Waals surface area contributed by atoms with Gasteiger partial charge in [-0.3, -0.25) is 9.98 Å². The normalized spacial score (nSPS) is 14.7. The van der Waals surface area contributed by atoms with Crippen LogP contribution in [-0.2, 0) is 6.54 Å². The van der Waals surface area contributed by atoms with Gasteiger partial charge < -0.3 is 24.6 Å². The third-order valence-corrected chi connectivity index (χ3v) is 5.39. The SMILES string of the molecule is CN=C(NCc1ncc(C)c(OC)c1C)N1CCN(c2ccc(OC)cc2)CC1. The fraction of sp³-hybridized carbons (Fsp3) is 0.455. The van der Waals surface area contributed by atoms with E-state index < -0.39 is 0 Å². The Morgan fingerprint density at radius 2 is 1.76 bits per heavy atom. The highest BCUT2D eigenvalue weighted by Gasteiger charge is 2.20. The average Bonchev–Trinajstić information content (AvgIpc) is 2.76. The molecule has 0 radical (unpaired) electrons. The molecule has 1 N–H and O–H groups in total. The number of aromatic nitrogens is 1. The maximum Gasteiger partial charge on any atom is 0.194 e. The fourth-order valence-corrected chi connectivity index (χ4v) is 3.71. The monoisotopic (exact) mass is 397 g/mol. The number of nitrogens with zero attached hydrogens (tertiary/aromatic N) is 4. The summed E-state index contributed by atoms with van der Waals surface area (Å²) in [6.45, 7) is 8.40. The Morgan fingerprint density at radius 1 is 1.07 bits per heavy atom. The minimum absolute atomic E-state index is 0.619. The van der Waals surface area contributed by atoms with Crippen LogP contribution in [0.1, 0.15) is 16.8 Å². The summed E-state index contributed by atoms with van der Waals surface area (Å²) in [4.78, 5) is 13.7. The maximum atomic E-state index is 5.51. The molecule has 1 saturated heterocycles. The smallest absolute Gasteiger partial charge is 0.194 e. The van der Waals surface area contributed by atoms with Gasteiger partial charge in [-0.1, -0.05) is 0 Å². The van der Waals surface area contributed by atoms with Crippen molar-refractivity contribution in [3.8, 4) is 11.5 Å². The van der Waals surface area contributed by atoms with Gasteiger partial charge in [-0.05, 0) is 38.1 Å². The number of anilines is 1. The molecule has 1 fully saturated rings. The van der Waals surface area contributed by atoms with Gasteiger partial charge in [0.15, 0.2) is 5.96 Å². The zero-order valence-corrected chi connectivity index (χ0v) is 18.0. The highest BCUT2D eigenvalue weighted by atomic mass is 16.5. The first-order valence-corrected chi connectivity index (χ1v) is 9.91. The molecule has 0 unspecified atom stereocenters. The van der Waals surface area contributed by atoms with Gasteiger partial charge in [-0.2, -0.15) is 0 Å². The van der Waals surface area contributed by atoms with E-state index in [0.717, 1.165) is 60.5 Å². The Kier molecular flexibility index (Phi) is 6.80. The number of hydrogen-bond acceptors (Lipinski definition) is 5. The molecule has 1 aromatic carbocycles. The van der Waals surface area contributed by atoms with Crippen LogP contribution in [0.2, 0.25) is 0 Å². The molecule has 2 aromatic rings. The standard InChI is InChI=1S/C22H31N5O2/c1-16-14-24-20(17(2)21(16)29-5)15-25-22(23-3)27-12-10-26(11-13-27)18-6-8-19(28-4)9-7-18/h6-9,14H,10-13,15H2,1-5H3,(H,23,25). The van der Waals surface area contributed by atoms with Gasteiger partial charge in [0.2, 0.25) is 0 Å². The Morgan fingerprint density at radius 3 is 2.34 bits per heavy atom. The molecule has 0 aliphatic carbocycles. The Labute approximate surface area is 173 Å². The number of nitrogens with one attached hydrogen (secondary N) is 1. The van der Waals surface area contributed by atoms with Gasteiger partial charge in [0.1, 0.15) is 11.5 Å². The Bertz CT molecular complexity index is 843. The van der Waals surface area contributed by atoms with E-state index in [9.17, 15) is 0 Å². The molecule has 29 heavy (non-hydrogen) atoms. The van der Waals surface area contributed by atoms with Gasteiger partial charge in [0.05, 0.1) is 26.5 Å². The van der Waals surface area contributed by atoms with Gasteiger partial charge >= 0.3 is 0 Å². The summed E-state index contributed by atoms with van der Waals surface area (Å²) in [5, 5.41) is 3.46. The lowest BCUT2D eigenvalue weighted by molar-refractivity contribution is 0.372. The molecular formula is C22H31N5O2. The van der Waals surface area contributed by atoms with Crippen molar-refractivity contribution >= 4 is 11.6 Å². The lowest BCUT2D eigenvalue weighted by atomic mass is 10.1. The number of methoxy groups -OCH3 is 2. The number of hydrogen-bond donors (Lipinski definition) is 1. The minimum atomic E-state index is 0.619. The third kappa shape index (κ3) is 4.72. The summed E-state index contributed by atoms with van der Waals surface area (Å²) < 4.78 is 10.8. The van der Waals surface area contributed by atoms with E-state index in [-0.39, 0.29) is 0 Å². The summed E-state index contributed by atoms with van der Waals surface area (Å²) in [6, 6.07) is 8.24. The van der Waals surface area contributed by atoms with Crippen LogP contribution in [0, 0.1) is 13.8 Å². The highest BCUT2D eigenvalue weighted by molar-refractivity contribution is 5.80. The van der Waals surface area contributed by atoms with Gasteiger partial charge in [0.25, 0.3) is 0 Å². The van der Waals surface area contributed by atoms with Crippen LogP contribution < -0.4 is 19.7 Å². The van der Waals surface area contributed by atoms with Crippen molar-refractivity contribution in [2.24, 2.45) is 4.99 Å². The van der Waals surface area contributed by atoms with Crippen molar-refractivity contribution in [1.29, 1.82) is 0 Å². The number of piperazine rings is 1. The molecule has 0 saturated carbocycles. The van der Waals surface area contributed by atoms with E-state index in [0.29, 0.717) is 6.54 Å². The summed E-state index contributed by atoms with van der Waals surface area (Å²) in [6.07, 6.45) is 1.86. The molecule has 1 aliphatic rings. The summed E-state index contributed by atoms with van der Waals surface area (Å²) in [5.41, 5.74) is 4.32. The number of guanidine groups is 1. The second kappa shape index (κ2) is 9.49. The molecule has 3 rings (SSSR count). The molecule has 0 bridgehead atoms. The molecule has 7 heteroatoms. The Balaban J connectivity index is 1.58. The Hall–Kier alpha value is -2.96. The number of pyridine rings is 1. The molecule has 1 aromatic heterocycles. The van der Waals surface area contributed by atoms with E-state index in [4.69, 9.17) is 9.47 Å². The van der Waals surface area contributed by atoms with E-state index in [1.165, 1.54) is 5.69 Å². The second-order valence-electron chi connectivity index (χ2n) is 7.12. The zero-order valence-electron chi connectivity index (χ0n) is 18.0. The zero-order chi connectivity index (χ0) is 20.8. The summed E-state index contributed by atoms with van der Waals surface area (Å²) >= 11 is 0. The van der Waals surface area contributed by atoms with Crippen molar-refractivity contribution in [2.45, 2.75) is 20.4 Å². The molecule has 0 amide bonds. The topological polar surface area (TPSA) is 62.2 Å². The highest BCUT2D eigenvalue weighted by Crippen LogP contribution is 2.24. The van der Waals surface area contributed by atoms with Crippen molar-refractivity contribution in [1.82, 2.24) is 15.2 Å². The van der Waals surface area contributed by atoms with Crippen molar-refractivity contribution in [3.63, 3.8) is 0 Å². The van der Waals surface area contributed by atoms with Crippen LogP contribution in [0.5, 0.6) is 11.5 Å². The number of ether oxygens (including phenoxy) is 2. The molecule has 156 valence electrons. The number of rotatable bonds is 5. The minimum Gasteiger partial charge on any atom is -0.497 e. The second-order valence-corrected chi connectivity index (χ2v) is 7.12. The largest absolute Gasteiger partial charge is 0.497 e. The lowest BCUT2D eigenvalue weighted by Gasteiger charge is -2.37. The van der Waals surface area contributed by atoms with Crippen LogP contribution in [0.3, 0.4) is 0 Å². The maximum absolute atomic E-state index is 5.51. The predicted octanol–water partition coefficient (Wildman–Crippen LogP) is 2.61. The lowest BCUT2D eigenvalue weighted by Crippen LogP contribution is -2.52. The molecule has 1 aliphatic heterocycles. The average molecular weight is 398 g/mol. The van der Waals surface area contributed by atoms with E-state index in [1.807, 2.05) is 39.2 Å². The number of aryl methyl sites for hydroxylation is 1. The first-order valence-electron chi connectivity index (χ1n) is 9.91. The molecule has 2 heterocycles. The van der Waals surface area contributed by atoms with Crippen LogP contribution >= 0.6 is 0 Å². The fourth-order valence-electron chi connectivity index (χ4n) is 3.71. The van der Waals surface area contributed by atoms with Crippen LogP contribution in [0.15, 0.2) is 35.5 Å². The molecule has 0 atom stereocenters. The van der Waals surface area contributed by atoms with Gasteiger partial charge in [-0.15, -0.1) is 0 Å². The summed E-state index contributed by atoms with van der Waals surface area (Å²) in [7, 11) is 5.22. The van der Waals surface area contributed by atoms with E-state index >= 15 is 0 Å². The van der Waals surface area contributed by atoms with Gasteiger partial charge in [-0.25, -0.2) is 0 Å². The van der Waals surface area contributed by atoms with E-state index in [1.54, 1.807) is 14.2 Å². The van der Waals surface area contributed by atoms with Crippen molar-refractivity contribution in [3.05, 3.63) is 47.3 Å². The van der Waals surface area contributed by atoms with Crippen molar-refractivity contribution in [2.75, 3.05) is 52.3 Å². The van der Waals surface area contributed by atoms with Crippen LogP contribution in [-0.4, -0.2) is 63.3 Å². The van der Waals surface area contributed by atoms with E-state index in [2.05, 4.69) is 37.2 Å². The summed E-state index contributed by atoms with van der Waals surface area (Å²) in [5.74, 6) is 2.69.